The lowest BCUT2D eigenvalue weighted by Gasteiger charge is -2.09. The topological polar surface area (TPSA) is 43.4 Å². The Kier molecular flexibility index (Phi) is 3.43. The lowest BCUT2D eigenvalue weighted by molar-refractivity contribution is 0.271. The van der Waals surface area contributed by atoms with Gasteiger partial charge in [0.1, 0.15) is 5.75 Å². The van der Waals surface area contributed by atoms with Crippen molar-refractivity contribution in [2.24, 2.45) is 5.92 Å². The molecule has 1 fully saturated rings. The number of hydrogen-bond acceptors (Lipinski definition) is 3. The van der Waals surface area contributed by atoms with Crippen molar-refractivity contribution in [3.63, 3.8) is 0 Å². The molecule has 0 bridgehead atoms. The van der Waals surface area contributed by atoms with E-state index in [-0.39, 0.29) is 5.25 Å². The van der Waals surface area contributed by atoms with Crippen LogP contribution in [0.25, 0.3) is 0 Å². The zero-order chi connectivity index (χ0) is 12.5. The second-order valence-electron chi connectivity index (χ2n) is 4.92. The fourth-order valence-corrected chi connectivity index (χ4v) is 3.22. The summed E-state index contributed by atoms with van der Waals surface area (Å²) < 4.78 is 29.4. The molecule has 2 rings (SSSR count). The molecule has 0 N–H and O–H groups in total. The summed E-state index contributed by atoms with van der Waals surface area (Å²) >= 11 is 0. The molecule has 3 nitrogen and oxygen atoms in total. The highest BCUT2D eigenvalue weighted by Gasteiger charge is 2.36. The van der Waals surface area contributed by atoms with E-state index in [1.807, 2.05) is 0 Å². The first-order valence-electron chi connectivity index (χ1n) is 5.97. The van der Waals surface area contributed by atoms with E-state index in [2.05, 4.69) is 13.8 Å². The van der Waals surface area contributed by atoms with Gasteiger partial charge in [-0.15, -0.1) is 0 Å². The maximum absolute atomic E-state index is 11.9. The SMILES string of the molecule is CC(C)COc1ccc(S(=O)(=O)C2CC2)cc1. The molecule has 0 unspecified atom stereocenters. The van der Waals surface area contributed by atoms with E-state index in [0.717, 1.165) is 18.6 Å². The Labute approximate surface area is 103 Å². The van der Waals surface area contributed by atoms with Crippen LogP contribution in [0, 0.1) is 5.92 Å². The molecule has 0 atom stereocenters. The molecule has 0 aliphatic heterocycles. The van der Waals surface area contributed by atoms with Crippen molar-refractivity contribution in [2.75, 3.05) is 6.61 Å². The summed E-state index contributed by atoms with van der Waals surface area (Å²) in [6.07, 6.45) is 1.60. The number of rotatable bonds is 5. The van der Waals surface area contributed by atoms with Gasteiger partial charge in [0.2, 0.25) is 0 Å². The summed E-state index contributed by atoms with van der Waals surface area (Å²) in [5.74, 6) is 1.19. The van der Waals surface area contributed by atoms with Crippen LogP contribution in [0.1, 0.15) is 26.7 Å². The summed E-state index contributed by atoms with van der Waals surface area (Å²) in [5, 5.41) is -0.148. The van der Waals surface area contributed by atoms with Crippen LogP contribution in [-0.4, -0.2) is 20.3 Å². The molecular formula is C13H18O3S. The van der Waals surface area contributed by atoms with Gasteiger partial charge in [0.05, 0.1) is 16.8 Å². The summed E-state index contributed by atoms with van der Waals surface area (Å²) in [6, 6.07) is 6.75. The predicted octanol–water partition coefficient (Wildman–Crippen LogP) is 2.66. The zero-order valence-electron chi connectivity index (χ0n) is 10.2. The highest BCUT2D eigenvalue weighted by Crippen LogP contribution is 2.33. The van der Waals surface area contributed by atoms with Gasteiger partial charge >= 0.3 is 0 Å². The van der Waals surface area contributed by atoms with Gasteiger partial charge in [-0.1, -0.05) is 13.8 Å². The Bertz CT molecular complexity index is 470. The van der Waals surface area contributed by atoms with E-state index < -0.39 is 9.84 Å². The molecule has 0 heterocycles. The molecule has 0 amide bonds. The fourth-order valence-electron chi connectivity index (χ4n) is 1.56. The van der Waals surface area contributed by atoms with Gasteiger partial charge in [-0.05, 0) is 43.0 Å². The maximum atomic E-state index is 11.9. The van der Waals surface area contributed by atoms with Crippen molar-refractivity contribution in [2.45, 2.75) is 36.8 Å². The van der Waals surface area contributed by atoms with Crippen LogP contribution in [0.3, 0.4) is 0 Å². The molecule has 17 heavy (non-hydrogen) atoms. The Morgan fingerprint density at radius 2 is 1.82 bits per heavy atom. The number of sulfone groups is 1. The predicted molar refractivity (Wildman–Crippen MR) is 67.0 cm³/mol. The van der Waals surface area contributed by atoms with Crippen LogP contribution < -0.4 is 4.74 Å². The molecule has 0 aromatic heterocycles. The first-order chi connectivity index (χ1) is 8.00. The van der Waals surface area contributed by atoms with Crippen LogP contribution in [0.5, 0.6) is 5.75 Å². The monoisotopic (exact) mass is 254 g/mol. The van der Waals surface area contributed by atoms with E-state index >= 15 is 0 Å². The van der Waals surface area contributed by atoms with Crippen LogP contribution in [-0.2, 0) is 9.84 Å². The second kappa shape index (κ2) is 4.69. The minimum atomic E-state index is -3.07. The quantitative estimate of drug-likeness (QED) is 0.811. The molecule has 1 aliphatic carbocycles. The van der Waals surface area contributed by atoms with Crippen molar-refractivity contribution >= 4 is 9.84 Å². The van der Waals surface area contributed by atoms with Gasteiger partial charge in [0.25, 0.3) is 0 Å². The molecular weight excluding hydrogens is 236 g/mol. The highest BCUT2D eigenvalue weighted by molar-refractivity contribution is 7.92. The van der Waals surface area contributed by atoms with Crippen LogP contribution in [0.2, 0.25) is 0 Å². The molecule has 4 heteroatoms. The van der Waals surface area contributed by atoms with E-state index in [1.165, 1.54) is 0 Å². The van der Waals surface area contributed by atoms with Crippen molar-refractivity contribution in [3.05, 3.63) is 24.3 Å². The third-order valence-electron chi connectivity index (χ3n) is 2.70. The molecule has 94 valence electrons. The van der Waals surface area contributed by atoms with E-state index in [9.17, 15) is 8.42 Å². The third kappa shape index (κ3) is 3.00. The largest absolute Gasteiger partial charge is 0.493 e. The maximum Gasteiger partial charge on any atom is 0.181 e. The molecule has 1 aromatic rings. The molecule has 1 aliphatic rings. The van der Waals surface area contributed by atoms with Crippen LogP contribution >= 0.6 is 0 Å². The zero-order valence-corrected chi connectivity index (χ0v) is 11.0. The summed E-state index contributed by atoms with van der Waals surface area (Å²) in [7, 11) is -3.07. The van der Waals surface area contributed by atoms with Gasteiger partial charge in [0, 0.05) is 0 Å². The smallest absolute Gasteiger partial charge is 0.181 e. The van der Waals surface area contributed by atoms with Crippen molar-refractivity contribution < 1.29 is 13.2 Å². The van der Waals surface area contributed by atoms with Crippen LogP contribution in [0.4, 0.5) is 0 Å². The van der Waals surface area contributed by atoms with Crippen molar-refractivity contribution in [1.29, 1.82) is 0 Å². The number of ether oxygens (including phenoxy) is 1. The van der Waals surface area contributed by atoms with Crippen LogP contribution in [0.15, 0.2) is 29.2 Å². The standard InChI is InChI=1S/C13H18O3S/c1-10(2)9-16-11-3-5-12(6-4-11)17(14,15)13-7-8-13/h3-6,10,13H,7-9H2,1-2H3. The van der Waals surface area contributed by atoms with Gasteiger partial charge in [-0.25, -0.2) is 8.42 Å². The minimum absolute atomic E-state index is 0.148. The highest BCUT2D eigenvalue weighted by atomic mass is 32.2. The second-order valence-corrected chi connectivity index (χ2v) is 7.15. The minimum Gasteiger partial charge on any atom is -0.493 e. The van der Waals surface area contributed by atoms with E-state index in [4.69, 9.17) is 4.74 Å². The fraction of sp³-hybridized carbons (Fsp3) is 0.538. The Balaban J connectivity index is 2.07. The average Bonchev–Trinajstić information content (AvgIpc) is 3.11. The molecule has 0 radical (unpaired) electrons. The molecule has 0 spiro atoms. The Morgan fingerprint density at radius 1 is 1.24 bits per heavy atom. The lowest BCUT2D eigenvalue weighted by atomic mass is 10.2. The van der Waals surface area contributed by atoms with Crippen molar-refractivity contribution in [3.8, 4) is 5.75 Å². The average molecular weight is 254 g/mol. The third-order valence-corrected chi connectivity index (χ3v) is 4.98. The molecule has 1 aromatic carbocycles. The normalized spacial score (nSPS) is 16.2. The molecule has 0 saturated heterocycles. The van der Waals surface area contributed by atoms with E-state index in [1.54, 1.807) is 24.3 Å². The summed E-state index contributed by atoms with van der Waals surface area (Å²) in [5.41, 5.74) is 0. The summed E-state index contributed by atoms with van der Waals surface area (Å²) in [6.45, 7) is 4.80. The first kappa shape index (κ1) is 12.4. The Morgan fingerprint density at radius 3 is 2.29 bits per heavy atom. The van der Waals surface area contributed by atoms with Crippen molar-refractivity contribution in [1.82, 2.24) is 0 Å². The lowest BCUT2D eigenvalue weighted by Crippen LogP contribution is -2.07. The van der Waals surface area contributed by atoms with Gasteiger partial charge in [0.15, 0.2) is 9.84 Å². The van der Waals surface area contributed by atoms with E-state index in [0.29, 0.717) is 17.4 Å². The first-order valence-corrected chi connectivity index (χ1v) is 7.51. The van der Waals surface area contributed by atoms with Gasteiger partial charge in [-0.2, -0.15) is 0 Å². The number of benzene rings is 1. The van der Waals surface area contributed by atoms with Gasteiger partial charge in [-0.3, -0.25) is 0 Å². The number of hydrogen-bond donors (Lipinski definition) is 0. The van der Waals surface area contributed by atoms with Gasteiger partial charge < -0.3 is 4.74 Å². The Hall–Kier alpha value is -1.03. The molecule has 1 saturated carbocycles. The summed E-state index contributed by atoms with van der Waals surface area (Å²) in [4.78, 5) is 0.414.